The van der Waals surface area contributed by atoms with Crippen LogP contribution in [-0.4, -0.2) is 22.9 Å². The third-order valence-electron chi connectivity index (χ3n) is 3.84. The molecule has 4 rings (SSSR count). The third-order valence-corrected chi connectivity index (χ3v) is 4.71. The summed E-state index contributed by atoms with van der Waals surface area (Å²) in [6, 6.07) is 11.9. The second-order valence-corrected chi connectivity index (χ2v) is 6.08. The minimum absolute atomic E-state index is 0.139. The fraction of sp³-hybridized carbons (Fsp3) is 0.118. The van der Waals surface area contributed by atoms with Crippen molar-refractivity contribution in [1.82, 2.24) is 9.97 Å². The van der Waals surface area contributed by atoms with E-state index in [1.54, 1.807) is 22.4 Å². The van der Waals surface area contributed by atoms with Crippen LogP contribution in [0.5, 0.6) is 0 Å². The number of carbonyl (C=O) groups is 1. The van der Waals surface area contributed by atoms with Gasteiger partial charge in [-0.15, -0.1) is 11.3 Å². The molecule has 1 aliphatic rings. The number of amides is 1. The third kappa shape index (κ3) is 2.10. The van der Waals surface area contributed by atoms with E-state index in [9.17, 15) is 4.79 Å². The second-order valence-electron chi connectivity index (χ2n) is 5.23. The van der Waals surface area contributed by atoms with Crippen molar-refractivity contribution < 1.29 is 4.79 Å². The molecule has 0 spiro atoms. The normalized spacial score (nSPS) is 13.5. The summed E-state index contributed by atoms with van der Waals surface area (Å²) >= 11 is 1.58. The maximum atomic E-state index is 11.8. The van der Waals surface area contributed by atoms with Crippen LogP contribution in [0.4, 0.5) is 5.69 Å². The highest BCUT2D eigenvalue weighted by atomic mass is 32.1. The van der Waals surface area contributed by atoms with E-state index >= 15 is 0 Å². The van der Waals surface area contributed by atoms with Crippen molar-refractivity contribution in [3.05, 3.63) is 53.5 Å². The summed E-state index contributed by atoms with van der Waals surface area (Å²) in [6.45, 7) is 0. The molecule has 1 amide bonds. The molecule has 1 aliphatic heterocycles. The number of rotatable bonds is 2. The summed E-state index contributed by atoms with van der Waals surface area (Å²) in [4.78, 5) is 22.5. The average Bonchev–Trinajstić information content (AvgIpc) is 3.14. The molecule has 0 N–H and O–H groups in total. The minimum atomic E-state index is 0.139. The zero-order valence-corrected chi connectivity index (χ0v) is 12.8. The van der Waals surface area contributed by atoms with Gasteiger partial charge in [0, 0.05) is 29.9 Å². The lowest BCUT2D eigenvalue weighted by molar-refractivity contribution is -0.117. The van der Waals surface area contributed by atoms with E-state index < -0.39 is 0 Å². The molecule has 2 aromatic heterocycles. The van der Waals surface area contributed by atoms with Gasteiger partial charge in [0.15, 0.2) is 0 Å². The van der Waals surface area contributed by atoms with Crippen LogP contribution in [0.3, 0.4) is 0 Å². The quantitative estimate of drug-likeness (QED) is 0.729. The van der Waals surface area contributed by atoms with Gasteiger partial charge in [-0.1, -0.05) is 12.1 Å². The Morgan fingerprint density at radius 3 is 2.91 bits per heavy atom. The summed E-state index contributed by atoms with van der Waals surface area (Å²) in [5.41, 5.74) is 4.91. The summed E-state index contributed by atoms with van der Waals surface area (Å²) in [5.74, 6) is 0.139. The average molecular weight is 307 g/mol. The fourth-order valence-corrected chi connectivity index (χ4v) is 3.45. The lowest BCUT2D eigenvalue weighted by Crippen LogP contribution is -2.20. The zero-order chi connectivity index (χ0) is 15.1. The Kier molecular flexibility index (Phi) is 3.01. The van der Waals surface area contributed by atoms with Gasteiger partial charge >= 0.3 is 0 Å². The van der Waals surface area contributed by atoms with Crippen LogP contribution in [0.1, 0.15) is 5.56 Å². The van der Waals surface area contributed by atoms with Gasteiger partial charge in [0.1, 0.15) is 5.01 Å². The second kappa shape index (κ2) is 5.03. The molecule has 108 valence electrons. The monoisotopic (exact) mass is 307 g/mol. The number of aromatic nitrogens is 2. The van der Waals surface area contributed by atoms with E-state index in [0.29, 0.717) is 6.42 Å². The molecule has 1 aromatic carbocycles. The first-order valence-corrected chi connectivity index (χ1v) is 7.87. The summed E-state index contributed by atoms with van der Waals surface area (Å²) in [5, 5.41) is 2.94. The van der Waals surface area contributed by atoms with Gasteiger partial charge in [-0.2, -0.15) is 0 Å². The van der Waals surface area contributed by atoms with Crippen molar-refractivity contribution in [2.45, 2.75) is 6.42 Å². The number of likely N-dealkylation sites (N-methyl/N-ethyl adjacent to an activating group) is 1. The standard InChI is InChI=1S/C17H13N3OS/c1-20-15-6-5-11(8-12(15)9-16(20)21)14-10-22-17(19-14)13-4-2-3-7-18-13/h2-8,10H,9H2,1H3. The van der Waals surface area contributed by atoms with Crippen LogP contribution in [-0.2, 0) is 11.2 Å². The van der Waals surface area contributed by atoms with Gasteiger partial charge in [-0.3, -0.25) is 9.78 Å². The Labute approximate surface area is 132 Å². The van der Waals surface area contributed by atoms with Gasteiger partial charge in [-0.05, 0) is 29.8 Å². The van der Waals surface area contributed by atoms with Crippen molar-refractivity contribution >= 4 is 22.9 Å². The van der Waals surface area contributed by atoms with Gasteiger partial charge in [0.2, 0.25) is 5.91 Å². The first-order chi connectivity index (χ1) is 10.7. The SMILES string of the molecule is CN1C(=O)Cc2cc(-c3csc(-c4ccccn4)n3)ccc21. The zero-order valence-electron chi connectivity index (χ0n) is 12.0. The van der Waals surface area contributed by atoms with Crippen molar-refractivity contribution in [3.63, 3.8) is 0 Å². The minimum Gasteiger partial charge on any atom is -0.315 e. The molecule has 4 nitrogen and oxygen atoms in total. The Balaban J connectivity index is 1.71. The van der Waals surface area contributed by atoms with Crippen molar-refractivity contribution in [3.8, 4) is 22.0 Å². The number of nitrogens with zero attached hydrogens (tertiary/aromatic N) is 3. The number of fused-ring (bicyclic) bond motifs is 1. The number of hydrogen-bond acceptors (Lipinski definition) is 4. The molecule has 0 atom stereocenters. The molecule has 0 saturated heterocycles. The number of thiazole rings is 1. The van der Waals surface area contributed by atoms with Crippen molar-refractivity contribution in [1.29, 1.82) is 0 Å². The molecule has 0 radical (unpaired) electrons. The summed E-state index contributed by atoms with van der Waals surface area (Å²) in [7, 11) is 1.82. The molecule has 3 heterocycles. The number of anilines is 1. The van der Waals surface area contributed by atoms with Crippen molar-refractivity contribution in [2.24, 2.45) is 0 Å². The van der Waals surface area contributed by atoms with E-state index in [2.05, 4.69) is 16.0 Å². The molecular formula is C17H13N3OS. The molecule has 0 fully saturated rings. The first-order valence-electron chi connectivity index (χ1n) is 6.99. The molecular weight excluding hydrogens is 294 g/mol. The summed E-state index contributed by atoms with van der Waals surface area (Å²) < 4.78 is 0. The highest BCUT2D eigenvalue weighted by molar-refractivity contribution is 7.13. The highest BCUT2D eigenvalue weighted by Crippen LogP contribution is 2.33. The Morgan fingerprint density at radius 2 is 2.09 bits per heavy atom. The molecule has 0 saturated carbocycles. The molecule has 22 heavy (non-hydrogen) atoms. The number of hydrogen-bond donors (Lipinski definition) is 0. The topological polar surface area (TPSA) is 46.1 Å². The Bertz CT molecular complexity index is 857. The van der Waals surface area contributed by atoms with Crippen LogP contribution < -0.4 is 4.90 Å². The summed E-state index contributed by atoms with van der Waals surface area (Å²) in [6.07, 6.45) is 2.24. The molecule has 5 heteroatoms. The van der Waals surface area contributed by atoms with Crippen LogP contribution in [0, 0.1) is 0 Å². The first kappa shape index (κ1) is 13.2. The Morgan fingerprint density at radius 1 is 1.18 bits per heavy atom. The smallest absolute Gasteiger partial charge is 0.231 e. The largest absolute Gasteiger partial charge is 0.315 e. The number of benzene rings is 1. The van der Waals surface area contributed by atoms with E-state index in [1.165, 1.54) is 0 Å². The predicted molar refractivity (Wildman–Crippen MR) is 87.9 cm³/mol. The van der Waals surface area contributed by atoms with E-state index in [4.69, 9.17) is 0 Å². The lowest BCUT2D eigenvalue weighted by atomic mass is 10.1. The van der Waals surface area contributed by atoms with Gasteiger partial charge in [-0.25, -0.2) is 4.98 Å². The van der Waals surface area contributed by atoms with Crippen molar-refractivity contribution in [2.75, 3.05) is 11.9 Å². The lowest BCUT2D eigenvalue weighted by Gasteiger charge is -2.09. The molecule has 0 bridgehead atoms. The number of pyridine rings is 1. The van der Waals surface area contributed by atoms with E-state index in [0.717, 1.165) is 33.2 Å². The fourth-order valence-electron chi connectivity index (χ4n) is 2.64. The Hall–Kier alpha value is -2.53. The van der Waals surface area contributed by atoms with Crippen LogP contribution in [0.15, 0.2) is 48.0 Å². The maximum Gasteiger partial charge on any atom is 0.231 e. The molecule has 3 aromatic rings. The molecule has 0 aliphatic carbocycles. The maximum absolute atomic E-state index is 11.8. The molecule has 0 unspecified atom stereocenters. The van der Waals surface area contributed by atoms with Gasteiger partial charge in [0.25, 0.3) is 0 Å². The highest BCUT2D eigenvalue weighted by Gasteiger charge is 2.24. The van der Waals surface area contributed by atoms with Gasteiger partial charge < -0.3 is 4.90 Å². The van der Waals surface area contributed by atoms with E-state index in [1.807, 2.05) is 42.8 Å². The predicted octanol–water partition coefficient (Wildman–Crippen LogP) is 3.39. The number of carbonyl (C=O) groups excluding carboxylic acids is 1. The van der Waals surface area contributed by atoms with E-state index in [-0.39, 0.29) is 5.91 Å². The van der Waals surface area contributed by atoms with Crippen LogP contribution in [0.2, 0.25) is 0 Å². The van der Waals surface area contributed by atoms with Gasteiger partial charge in [0.05, 0.1) is 17.8 Å². The van der Waals surface area contributed by atoms with Crippen LogP contribution >= 0.6 is 11.3 Å². The van der Waals surface area contributed by atoms with Crippen LogP contribution in [0.25, 0.3) is 22.0 Å².